The smallest absolute Gasteiger partial charge is 0.0618 e. The lowest BCUT2D eigenvalue weighted by molar-refractivity contribution is 0.138. The Morgan fingerprint density at radius 3 is 2.31 bits per heavy atom. The number of benzene rings is 4. The molecule has 1 fully saturated rings. The van der Waals surface area contributed by atoms with Crippen molar-refractivity contribution in [2.24, 2.45) is 29.6 Å². The predicted molar refractivity (Wildman–Crippen MR) is 265 cm³/mol. The van der Waals surface area contributed by atoms with E-state index in [1.54, 1.807) is 11.3 Å². The molecule has 4 aromatic rings. The van der Waals surface area contributed by atoms with Gasteiger partial charge in [0.05, 0.1) is 17.8 Å². The molecule has 4 aromatic carbocycles. The fourth-order valence-corrected chi connectivity index (χ4v) is 15.7. The predicted octanol–water partition coefficient (Wildman–Crippen LogP) is 14.8. The lowest BCUT2D eigenvalue weighted by atomic mass is 9.69. The molecule has 12 atom stereocenters. The van der Waals surface area contributed by atoms with Crippen molar-refractivity contribution in [2.45, 2.75) is 85.1 Å². The molecular weight excluding hydrogens is 789 g/mol. The number of allylic oxidation sites excluding steroid dienone is 10. The van der Waals surface area contributed by atoms with Gasteiger partial charge in [0.1, 0.15) is 0 Å². The average Bonchev–Trinajstić information content (AvgIpc) is 3.85. The van der Waals surface area contributed by atoms with E-state index < -0.39 is 0 Å². The van der Waals surface area contributed by atoms with Gasteiger partial charge in [0.25, 0.3) is 0 Å². The number of rotatable bonds is 6. The molecule has 1 saturated heterocycles. The second-order valence-corrected chi connectivity index (χ2v) is 21.8. The van der Waals surface area contributed by atoms with E-state index in [0.29, 0.717) is 51.3 Å². The number of anilines is 2. The quantitative estimate of drug-likeness (QED) is 0.191. The molecule has 0 amide bonds. The highest BCUT2D eigenvalue weighted by Crippen LogP contribution is 2.59. The molecule has 310 valence electrons. The number of fused-ring (bicyclic) bond motifs is 11. The normalized spacial score (nSPS) is 32.7. The third kappa shape index (κ3) is 6.21. The van der Waals surface area contributed by atoms with Gasteiger partial charge in [0, 0.05) is 55.1 Å². The maximum Gasteiger partial charge on any atom is 0.0618 e. The molecule has 0 saturated carbocycles. The Hall–Kier alpha value is -4.90. The summed E-state index contributed by atoms with van der Waals surface area (Å²) in [5, 5.41) is 1.68. The van der Waals surface area contributed by atoms with Gasteiger partial charge in [-0.1, -0.05) is 167 Å². The lowest BCUT2D eigenvalue weighted by Crippen LogP contribution is -2.46. The van der Waals surface area contributed by atoms with Crippen molar-refractivity contribution in [3.8, 4) is 11.1 Å². The molecule has 12 unspecified atom stereocenters. The molecule has 0 N–H and O–H groups in total. The summed E-state index contributed by atoms with van der Waals surface area (Å²) in [6.45, 7) is 9.96. The molecule has 0 bridgehead atoms. The van der Waals surface area contributed by atoms with Crippen LogP contribution in [0, 0.1) is 29.6 Å². The van der Waals surface area contributed by atoms with E-state index in [9.17, 15) is 0 Å². The summed E-state index contributed by atoms with van der Waals surface area (Å²) in [5.74, 6) is 3.08. The van der Waals surface area contributed by atoms with Gasteiger partial charge in [-0.25, -0.2) is 0 Å². The lowest BCUT2D eigenvalue weighted by Gasteiger charge is -2.51. The van der Waals surface area contributed by atoms with Crippen LogP contribution in [-0.4, -0.2) is 26.7 Å². The second kappa shape index (κ2) is 15.4. The van der Waals surface area contributed by atoms with Crippen molar-refractivity contribution in [2.75, 3.05) is 4.90 Å². The average molecular weight is 845 g/mol. The van der Waals surface area contributed by atoms with Crippen molar-refractivity contribution in [3.63, 3.8) is 0 Å². The zero-order chi connectivity index (χ0) is 41.6. The zero-order valence-corrected chi connectivity index (χ0v) is 37.9. The van der Waals surface area contributed by atoms with Crippen LogP contribution >= 0.6 is 23.5 Å². The Bertz CT molecular complexity index is 2690. The van der Waals surface area contributed by atoms with Crippen LogP contribution in [0.15, 0.2) is 180 Å². The Kier molecular flexibility index (Phi) is 9.64. The van der Waals surface area contributed by atoms with Gasteiger partial charge in [0.2, 0.25) is 0 Å². The first kappa shape index (κ1) is 38.7. The molecule has 0 spiro atoms. The molecule has 2 aliphatic heterocycles. The fourth-order valence-electron chi connectivity index (χ4n) is 12.5. The Morgan fingerprint density at radius 1 is 0.661 bits per heavy atom. The van der Waals surface area contributed by atoms with Gasteiger partial charge >= 0.3 is 0 Å². The molecule has 4 heteroatoms. The van der Waals surface area contributed by atoms with E-state index in [0.717, 1.165) is 6.42 Å². The van der Waals surface area contributed by atoms with E-state index in [1.165, 1.54) is 61.8 Å². The monoisotopic (exact) mass is 844 g/mol. The third-order valence-corrected chi connectivity index (χ3v) is 18.4. The van der Waals surface area contributed by atoms with E-state index in [2.05, 4.69) is 219 Å². The van der Waals surface area contributed by atoms with Gasteiger partial charge in [0.15, 0.2) is 0 Å². The SMILES string of the molecule is CC1C=Cc2c(N(C3=CC4c5ccccc5SC4C=C3)c3ccccc3)cc3c(c2C1)C(C)C(N(C1=CC2C(CC1C)SC1C=CC=CC12)C1C=CC=CC1C)c1ccccc1-3. The Morgan fingerprint density at radius 2 is 1.44 bits per heavy atom. The Balaban J connectivity index is 1.04. The minimum atomic E-state index is 0.196. The van der Waals surface area contributed by atoms with Crippen molar-refractivity contribution in [1.82, 2.24) is 4.90 Å². The van der Waals surface area contributed by atoms with Crippen LogP contribution in [0.5, 0.6) is 0 Å². The molecule has 12 rings (SSSR count). The maximum absolute atomic E-state index is 2.96. The molecule has 8 aliphatic rings. The highest BCUT2D eigenvalue weighted by atomic mass is 32.2. The van der Waals surface area contributed by atoms with Crippen molar-refractivity contribution < 1.29 is 0 Å². The van der Waals surface area contributed by atoms with Crippen LogP contribution in [-0.2, 0) is 6.42 Å². The van der Waals surface area contributed by atoms with Gasteiger partial charge in [-0.2, -0.15) is 0 Å². The third-order valence-electron chi connectivity index (χ3n) is 15.4. The van der Waals surface area contributed by atoms with Gasteiger partial charge in [-0.05, 0) is 106 Å². The van der Waals surface area contributed by atoms with E-state index in [1.807, 2.05) is 11.8 Å². The van der Waals surface area contributed by atoms with Crippen LogP contribution < -0.4 is 4.90 Å². The minimum absolute atomic E-state index is 0.196. The standard InChI is InChI=1S/C58H56N2S2/c1-35-26-28-42-48(30-35)57-38(4)58(60(50-23-13-8-16-36(50)2)51-33-47-44-21-12-15-25-54(44)62-56(47)31-37(51)3)45-22-10-9-19-41(45)49(57)34-52(42)59(39-17-6-5-7-18-39)40-27-29-55-46(32-40)43-20-11-14-24-53(43)61-55/h5-29,32-38,44,46-47,50,54-56,58H,30-31H2,1-4H3. The largest absolute Gasteiger partial charge is 0.360 e. The number of hydrogen-bond donors (Lipinski definition) is 0. The van der Waals surface area contributed by atoms with E-state index in [4.69, 9.17) is 0 Å². The summed E-state index contributed by atoms with van der Waals surface area (Å²) < 4.78 is 0. The molecule has 2 heterocycles. The van der Waals surface area contributed by atoms with E-state index >= 15 is 0 Å². The number of thioether (sulfide) groups is 2. The second-order valence-electron chi connectivity index (χ2n) is 19.2. The van der Waals surface area contributed by atoms with Gasteiger partial charge < -0.3 is 9.80 Å². The van der Waals surface area contributed by atoms with Crippen LogP contribution in [0.4, 0.5) is 11.4 Å². The molecule has 0 radical (unpaired) electrons. The van der Waals surface area contributed by atoms with Crippen LogP contribution in [0.3, 0.4) is 0 Å². The number of nitrogens with zero attached hydrogens (tertiary/aromatic N) is 2. The summed E-state index contributed by atoms with van der Waals surface area (Å²) in [6, 6.07) is 32.7. The molecule has 6 aliphatic carbocycles. The highest BCUT2D eigenvalue weighted by Gasteiger charge is 2.48. The fraction of sp³-hybridized carbons (Fsp3) is 0.310. The van der Waals surface area contributed by atoms with E-state index in [-0.39, 0.29) is 18.0 Å². The number of para-hydroxylation sites is 1. The molecule has 0 aromatic heterocycles. The Labute approximate surface area is 377 Å². The topological polar surface area (TPSA) is 6.48 Å². The summed E-state index contributed by atoms with van der Waals surface area (Å²) >= 11 is 4.24. The number of hydrogen-bond acceptors (Lipinski definition) is 4. The van der Waals surface area contributed by atoms with Gasteiger partial charge in [-0.15, -0.1) is 23.5 Å². The first-order valence-corrected chi connectivity index (χ1v) is 25.1. The summed E-state index contributed by atoms with van der Waals surface area (Å²) in [4.78, 5) is 6.95. The van der Waals surface area contributed by atoms with Crippen LogP contribution in [0.1, 0.15) is 79.8 Å². The first-order chi connectivity index (χ1) is 30.4. The van der Waals surface area contributed by atoms with Crippen LogP contribution in [0.25, 0.3) is 17.2 Å². The van der Waals surface area contributed by atoms with Crippen molar-refractivity contribution in [1.29, 1.82) is 0 Å². The molecule has 2 nitrogen and oxygen atoms in total. The van der Waals surface area contributed by atoms with Crippen molar-refractivity contribution >= 4 is 41.0 Å². The summed E-state index contributed by atoms with van der Waals surface area (Å²) in [5.41, 5.74) is 15.5. The first-order valence-electron chi connectivity index (χ1n) is 23.2. The zero-order valence-electron chi connectivity index (χ0n) is 36.2. The summed E-state index contributed by atoms with van der Waals surface area (Å²) in [7, 11) is 0. The van der Waals surface area contributed by atoms with Crippen LogP contribution in [0.2, 0.25) is 0 Å². The van der Waals surface area contributed by atoms with Gasteiger partial charge in [-0.3, -0.25) is 0 Å². The molecular formula is C58H56N2S2. The molecule has 62 heavy (non-hydrogen) atoms. The minimum Gasteiger partial charge on any atom is -0.360 e. The van der Waals surface area contributed by atoms with Crippen molar-refractivity contribution in [3.05, 3.63) is 203 Å². The maximum atomic E-state index is 2.96. The highest BCUT2D eigenvalue weighted by molar-refractivity contribution is 8.01. The summed E-state index contributed by atoms with van der Waals surface area (Å²) in [6.07, 6.45) is 36.5.